The fourth-order valence-corrected chi connectivity index (χ4v) is 1.62. The molecule has 0 radical (unpaired) electrons. The molecule has 1 aromatic carbocycles. The molecule has 0 fully saturated rings. The van der Waals surface area contributed by atoms with E-state index in [-0.39, 0.29) is 11.3 Å². The second-order valence-corrected chi connectivity index (χ2v) is 3.86. The van der Waals surface area contributed by atoms with Crippen LogP contribution in [-0.4, -0.2) is 14.9 Å². The second-order valence-electron chi connectivity index (χ2n) is 3.86. The second kappa shape index (κ2) is 5.52. The Hall–Kier alpha value is -3.05. The molecule has 2 rings (SSSR count). The molecular formula is C14H10N4O. The van der Waals surface area contributed by atoms with E-state index < -0.39 is 0 Å². The van der Waals surface area contributed by atoms with Crippen molar-refractivity contribution < 1.29 is 5.11 Å². The summed E-state index contributed by atoms with van der Waals surface area (Å²) in [5, 5.41) is 31.2. The fraction of sp³-hybridized carbons (Fsp3) is 0.0714. The van der Waals surface area contributed by atoms with E-state index in [4.69, 9.17) is 10.5 Å². The molecule has 0 bridgehead atoms. The first-order chi connectivity index (χ1) is 9.24. The van der Waals surface area contributed by atoms with Crippen LogP contribution in [0.15, 0.2) is 48.3 Å². The Labute approximate surface area is 110 Å². The molecule has 5 nitrogen and oxygen atoms in total. The zero-order chi connectivity index (χ0) is 13.7. The Balaban J connectivity index is 2.24. The Bertz CT molecular complexity index is 670. The molecular weight excluding hydrogens is 240 g/mol. The SMILES string of the molecule is N#CC(C#N)=C(O)c1cnn(Cc2ccccc2)c1. The van der Waals surface area contributed by atoms with Crippen LogP contribution in [0.25, 0.3) is 5.76 Å². The largest absolute Gasteiger partial charge is 0.505 e. The molecule has 0 saturated heterocycles. The molecule has 0 amide bonds. The first kappa shape index (κ1) is 12.4. The lowest BCUT2D eigenvalue weighted by Crippen LogP contribution is -1.99. The van der Waals surface area contributed by atoms with Gasteiger partial charge in [0.25, 0.3) is 0 Å². The molecule has 0 aliphatic heterocycles. The van der Waals surface area contributed by atoms with Crippen LogP contribution in [0.4, 0.5) is 0 Å². The summed E-state index contributed by atoms with van der Waals surface area (Å²) in [5.41, 5.74) is 1.11. The van der Waals surface area contributed by atoms with Gasteiger partial charge < -0.3 is 5.11 Å². The third-order valence-electron chi connectivity index (χ3n) is 2.55. The average Bonchev–Trinajstić information content (AvgIpc) is 2.89. The Morgan fingerprint density at radius 2 is 1.89 bits per heavy atom. The summed E-state index contributed by atoms with van der Waals surface area (Å²) < 4.78 is 1.63. The van der Waals surface area contributed by atoms with Crippen LogP contribution < -0.4 is 0 Å². The zero-order valence-corrected chi connectivity index (χ0v) is 9.98. The number of nitriles is 2. The van der Waals surface area contributed by atoms with Crippen molar-refractivity contribution in [3.05, 3.63) is 59.4 Å². The van der Waals surface area contributed by atoms with E-state index in [1.165, 1.54) is 6.20 Å². The van der Waals surface area contributed by atoms with Gasteiger partial charge in [-0.3, -0.25) is 4.68 Å². The first-order valence-electron chi connectivity index (χ1n) is 5.55. The lowest BCUT2D eigenvalue weighted by Gasteiger charge is -2.00. The van der Waals surface area contributed by atoms with E-state index in [0.717, 1.165) is 5.56 Å². The summed E-state index contributed by atoms with van der Waals surface area (Å²) >= 11 is 0. The highest BCUT2D eigenvalue weighted by molar-refractivity contribution is 5.68. The molecule has 19 heavy (non-hydrogen) atoms. The van der Waals surface area contributed by atoms with Gasteiger partial charge in [-0.25, -0.2) is 0 Å². The summed E-state index contributed by atoms with van der Waals surface area (Å²) in [5.74, 6) is -0.343. The molecule has 2 aromatic rings. The van der Waals surface area contributed by atoms with E-state index in [0.29, 0.717) is 12.1 Å². The maximum absolute atomic E-state index is 9.74. The van der Waals surface area contributed by atoms with Gasteiger partial charge in [0, 0.05) is 6.20 Å². The van der Waals surface area contributed by atoms with Crippen molar-refractivity contribution >= 4 is 5.76 Å². The highest BCUT2D eigenvalue weighted by Crippen LogP contribution is 2.15. The maximum Gasteiger partial charge on any atom is 0.171 e. The highest BCUT2D eigenvalue weighted by Gasteiger charge is 2.09. The molecule has 92 valence electrons. The van der Waals surface area contributed by atoms with Gasteiger partial charge in [0.05, 0.1) is 18.3 Å². The molecule has 0 saturated carbocycles. The van der Waals surface area contributed by atoms with Gasteiger partial charge >= 0.3 is 0 Å². The maximum atomic E-state index is 9.74. The van der Waals surface area contributed by atoms with Crippen molar-refractivity contribution in [2.24, 2.45) is 0 Å². The minimum atomic E-state index is -0.343. The summed E-state index contributed by atoms with van der Waals surface area (Å²) in [6.45, 7) is 0.558. The topological polar surface area (TPSA) is 85.6 Å². The number of nitrogens with zero attached hydrogens (tertiary/aromatic N) is 4. The monoisotopic (exact) mass is 250 g/mol. The van der Waals surface area contributed by atoms with Gasteiger partial charge in [0.1, 0.15) is 12.1 Å². The van der Waals surface area contributed by atoms with E-state index >= 15 is 0 Å². The average molecular weight is 250 g/mol. The molecule has 0 spiro atoms. The van der Waals surface area contributed by atoms with Crippen LogP contribution in [0.3, 0.4) is 0 Å². The molecule has 0 aliphatic carbocycles. The minimum Gasteiger partial charge on any atom is -0.505 e. The lowest BCUT2D eigenvalue weighted by molar-refractivity contribution is 0.509. The van der Waals surface area contributed by atoms with Crippen LogP contribution in [0.2, 0.25) is 0 Å². The van der Waals surface area contributed by atoms with Crippen molar-refractivity contribution in [2.45, 2.75) is 6.54 Å². The Morgan fingerprint density at radius 1 is 1.21 bits per heavy atom. The van der Waals surface area contributed by atoms with Gasteiger partial charge in [-0.05, 0) is 5.56 Å². The number of hydrogen-bond acceptors (Lipinski definition) is 4. The smallest absolute Gasteiger partial charge is 0.171 e. The third kappa shape index (κ3) is 2.80. The van der Waals surface area contributed by atoms with Crippen LogP contribution in [-0.2, 0) is 6.54 Å². The quantitative estimate of drug-likeness (QED) is 0.668. The summed E-state index contributed by atoms with van der Waals surface area (Å²) in [7, 11) is 0. The number of rotatable bonds is 3. The van der Waals surface area contributed by atoms with E-state index in [1.807, 2.05) is 30.3 Å². The van der Waals surface area contributed by atoms with Crippen molar-refractivity contribution in [3.63, 3.8) is 0 Å². The van der Waals surface area contributed by atoms with Crippen LogP contribution in [0.1, 0.15) is 11.1 Å². The predicted molar refractivity (Wildman–Crippen MR) is 68.5 cm³/mol. The Morgan fingerprint density at radius 3 is 2.53 bits per heavy atom. The van der Waals surface area contributed by atoms with E-state index in [9.17, 15) is 5.11 Å². The van der Waals surface area contributed by atoms with Gasteiger partial charge in [-0.2, -0.15) is 15.6 Å². The minimum absolute atomic E-state index is 0.320. The molecule has 0 aliphatic rings. The molecule has 0 atom stereocenters. The fourth-order valence-electron chi connectivity index (χ4n) is 1.62. The van der Waals surface area contributed by atoms with Gasteiger partial charge in [-0.15, -0.1) is 0 Å². The van der Waals surface area contributed by atoms with Crippen LogP contribution >= 0.6 is 0 Å². The lowest BCUT2D eigenvalue weighted by atomic mass is 10.2. The number of aromatic nitrogens is 2. The van der Waals surface area contributed by atoms with E-state index in [1.54, 1.807) is 23.0 Å². The zero-order valence-electron chi connectivity index (χ0n) is 9.98. The van der Waals surface area contributed by atoms with Crippen LogP contribution in [0, 0.1) is 22.7 Å². The molecule has 0 unspecified atom stereocenters. The molecule has 1 N–H and O–H groups in total. The first-order valence-corrected chi connectivity index (χ1v) is 5.55. The third-order valence-corrected chi connectivity index (χ3v) is 2.55. The number of hydrogen-bond donors (Lipinski definition) is 1. The predicted octanol–water partition coefficient (Wildman–Crippen LogP) is 2.25. The van der Waals surface area contributed by atoms with E-state index in [2.05, 4.69) is 5.10 Å². The van der Waals surface area contributed by atoms with Crippen LogP contribution in [0.5, 0.6) is 0 Å². The van der Waals surface area contributed by atoms with Crippen molar-refractivity contribution in [1.29, 1.82) is 10.5 Å². The summed E-state index contributed by atoms with van der Waals surface area (Å²) in [6, 6.07) is 13.0. The standard InChI is InChI=1S/C14H10N4O/c15-6-12(7-16)14(19)13-8-17-18(10-13)9-11-4-2-1-3-5-11/h1-5,8,10,19H,9H2. The summed E-state index contributed by atoms with van der Waals surface area (Å²) in [4.78, 5) is 0. The Kier molecular flexibility index (Phi) is 3.61. The highest BCUT2D eigenvalue weighted by atomic mass is 16.3. The number of aliphatic hydroxyl groups excluding tert-OH is 1. The normalized spacial score (nSPS) is 9.37. The van der Waals surface area contributed by atoms with Gasteiger partial charge in [0.15, 0.2) is 11.3 Å². The van der Waals surface area contributed by atoms with Crippen molar-refractivity contribution in [1.82, 2.24) is 9.78 Å². The molecule has 1 aromatic heterocycles. The van der Waals surface area contributed by atoms with Gasteiger partial charge in [0.2, 0.25) is 0 Å². The van der Waals surface area contributed by atoms with Crippen molar-refractivity contribution in [3.8, 4) is 12.1 Å². The van der Waals surface area contributed by atoms with Crippen molar-refractivity contribution in [2.75, 3.05) is 0 Å². The summed E-state index contributed by atoms with van der Waals surface area (Å²) in [6.07, 6.45) is 3.02. The number of benzene rings is 1. The number of aliphatic hydroxyl groups is 1. The number of allylic oxidation sites excluding steroid dienone is 1. The van der Waals surface area contributed by atoms with Gasteiger partial charge in [-0.1, -0.05) is 30.3 Å². The molecule has 5 heteroatoms. The molecule has 1 heterocycles.